The van der Waals surface area contributed by atoms with Crippen LogP contribution in [0.2, 0.25) is 0 Å². The first-order chi connectivity index (χ1) is 10.3. The third kappa shape index (κ3) is 1.23. The van der Waals surface area contributed by atoms with Crippen molar-refractivity contribution in [1.82, 2.24) is 9.97 Å². The number of carbonyl (C=O) groups is 1. The summed E-state index contributed by atoms with van der Waals surface area (Å²) in [6, 6.07) is 3.83. The summed E-state index contributed by atoms with van der Waals surface area (Å²) >= 11 is 0. The molecule has 112 valence electrons. The fourth-order valence-electron chi connectivity index (χ4n) is 4.26. The van der Waals surface area contributed by atoms with E-state index in [4.69, 9.17) is 4.74 Å². The molecule has 6 nitrogen and oxygen atoms in total. The van der Waals surface area contributed by atoms with Crippen molar-refractivity contribution in [1.29, 1.82) is 10.5 Å². The van der Waals surface area contributed by atoms with Gasteiger partial charge in [-0.05, 0) is 18.3 Å². The lowest BCUT2D eigenvalue weighted by molar-refractivity contribution is -0.151. The molecule has 0 spiro atoms. The highest BCUT2D eigenvalue weighted by atomic mass is 16.5. The second-order valence-corrected chi connectivity index (χ2v) is 6.70. The lowest BCUT2D eigenvalue weighted by Crippen LogP contribution is -2.46. The standard InChI is InChI=1S/C16H16N4O2/c1-14(2)15(3)5-6-16(14,13(21)22-4)12-11(15)19-9(7-17)10(8-18)20-12/h5-6H2,1-4H3/t15-,16+/m0/s1. The Balaban J connectivity index is 2.42. The van der Waals surface area contributed by atoms with Crippen LogP contribution in [-0.2, 0) is 20.4 Å². The lowest BCUT2D eigenvalue weighted by Gasteiger charge is -2.38. The van der Waals surface area contributed by atoms with Gasteiger partial charge in [-0.2, -0.15) is 10.5 Å². The summed E-state index contributed by atoms with van der Waals surface area (Å²) in [7, 11) is 1.36. The van der Waals surface area contributed by atoms with Crippen LogP contribution in [0.4, 0.5) is 0 Å². The van der Waals surface area contributed by atoms with Gasteiger partial charge >= 0.3 is 5.97 Å². The van der Waals surface area contributed by atoms with Gasteiger partial charge in [0.1, 0.15) is 17.6 Å². The van der Waals surface area contributed by atoms with E-state index < -0.39 is 10.8 Å². The zero-order valence-corrected chi connectivity index (χ0v) is 13.0. The highest BCUT2D eigenvalue weighted by molar-refractivity contribution is 5.87. The molecule has 0 radical (unpaired) electrons. The third-order valence-electron chi connectivity index (χ3n) is 6.01. The van der Waals surface area contributed by atoms with Gasteiger partial charge in [-0.25, -0.2) is 9.97 Å². The van der Waals surface area contributed by atoms with Crippen LogP contribution < -0.4 is 0 Å². The molecule has 6 heteroatoms. The van der Waals surface area contributed by atoms with Gasteiger partial charge in [0.15, 0.2) is 11.4 Å². The molecule has 0 aromatic carbocycles. The minimum Gasteiger partial charge on any atom is -0.468 e. The minimum atomic E-state index is -0.904. The maximum atomic E-state index is 12.6. The van der Waals surface area contributed by atoms with Crippen molar-refractivity contribution in [2.75, 3.05) is 7.11 Å². The fraction of sp³-hybridized carbons (Fsp3) is 0.562. The van der Waals surface area contributed by atoms with Gasteiger partial charge < -0.3 is 4.74 Å². The molecule has 0 N–H and O–H groups in total. The Morgan fingerprint density at radius 1 is 1.09 bits per heavy atom. The number of aromatic nitrogens is 2. The number of rotatable bonds is 1. The number of ether oxygens (including phenoxy) is 1. The van der Waals surface area contributed by atoms with Crippen LogP contribution >= 0.6 is 0 Å². The molecule has 0 saturated heterocycles. The summed E-state index contributed by atoms with van der Waals surface area (Å²) in [5, 5.41) is 18.4. The third-order valence-corrected chi connectivity index (χ3v) is 6.01. The number of esters is 1. The van der Waals surface area contributed by atoms with Crippen molar-refractivity contribution in [3.8, 4) is 12.1 Å². The second-order valence-electron chi connectivity index (χ2n) is 6.70. The van der Waals surface area contributed by atoms with Crippen LogP contribution in [0.25, 0.3) is 0 Å². The van der Waals surface area contributed by atoms with E-state index in [1.807, 2.05) is 32.9 Å². The summed E-state index contributed by atoms with van der Waals surface area (Å²) in [5.74, 6) is -0.345. The highest BCUT2D eigenvalue weighted by Gasteiger charge is 2.74. The van der Waals surface area contributed by atoms with Crippen molar-refractivity contribution in [3.05, 3.63) is 22.8 Å². The second kappa shape index (κ2) is 4.04. The molecule has 1 heterocycles. The van der Waals surface area contributed by atoms with Gasteiger partial charge in [-0.3, -0.25) is 4.79 Å². The van der Waals surface area contributed by atoms with E-state index in [0.717, 1.165) is 6.42 Å². The molecule has 1 aromatic heterocycles. The number of fused-ring (bicyclic) bond motifs is 5. The minimum absolute atomic E-state index is 0.0193. The van der Waals surface area contributed by atoms with Crippen LogP contribution in [0.3, 0.4) is 0 Å². The molecule has 0 unspecified atom stereocenters. The van der Waals surface area contributed by atoms with Gasteiger partial charge in [-0.1, -0.05) is 20.8 Å². The van der Waals surface area contributed by atoms with Gasteiger partial charge in [0.2, 0.25) is 0 Å². The number of methoxy groups -OCH3 is 1. The first-order valence-electron chi connectivity index (χ1n) is 7.12. The fourth-order valence-corrected chi connectivity index (χ4v) is 4.26. The number of carbonyl (C=O) groups excluding carboxylic acids is 1. The van der Waals surface area contributed by atoms with Crippen molar-refractivity contribution < 1.29 is 9.53 Å². The first-order valence-corrected chi connectivity index (χ1v) is 7.12. The van der Waals surface area contributed by atoms with Gasteiger partial charge in [-0.15, -0.1) is 0 Å². The average Bonchev–Trinajstić information content (AvgIpc) is 2.81. The van der Waals surface area contributed by atoms with E-state index >= 15 is 0 Å². The Morgan fingerprint density at radius 3 is 2.14 bits per heavy atom. The summed E-state index contributed by atoms with van der Waals surface area (Å²) in [5.41, 5.74) is -0.571. The van der Waals surface area contributed by atoms with Crippen LogP contribution in [0, 0.1) is 28.1 Å². The number of nitrogens with zero attached hydrogens (tertiary/aromatic N) is 4. The maximum Gasteiger partial charge on any atom is 0.318 e. The van der Waals surface area contributed by atoms with Crippen LogP contribution in [0.15, 0.2) is 0 Å². The van der Waals surface area contributed by atoms with Crippen molar-refractivity contribution in [2.24, 2.45) is 5.41 Å². The lowest BCUT2D eigenvalue weighted by atomic mass is 9.64. The molecule has 0 amide bonds. The van der Waals surface area contributed by atoms with E-state index in [0.29, 0.717) is 17.8 Å². The van der Waals surface area contributed by atoms with Crippen LogP contribution in [-0.4, -0.2) is 23.0 Å². The topological polar surface area (TPSA) is 99.7 Å². The molecule has 2 aliphatic rings. The summed E-state index contributed by atoms with van der Waals surface area (Å²) in [6.07, 6.45) is 1.38. The normalized spacial score (nSPS) is 30.3. The molecule has 1 saturated carbocycles. The zero-order valence-electron chi connectivity index (χ0n) is 13.0. The largest absolute Gasteiger partial charge is 0.468 e. The number of nitriles is 2. The van der Waals surface area contributed by atoms with Crippen molar-refractivity contribution in [3.63, 3.8) is 0 Å². The van der Waals surface area contributed by atoms with Crippen LogP contribution in [0.5, 0.6) is 0 Å². The average molecular weight is 296 g/mol. The molecule has 2 aliphatic carbocycles. The molecule has 0 aliphatic heterocycles. The van der Waals surface area contributed by atoms with E-state index in [1.54, 1.807) is 0 Å². The van der Waals surface area contributed by atoms with Crippen molar-refractivity contribution in [2.45, 2.75) is 44.4 Å². The SMILES string of the molecule is COC(=O)[C@@]12CC[C@@](C)(c3nc(C#N)c(C#N)nc31)C2(C)C. The Hall–Kier alpha value is -2.47. The molecule has 22 heavy (non-hydrogen) atoms. The molecule has 3 rings (SSSR count). The quantitative estimate of drug-likeness (QED) is 0.731. The molecule has 1 aromatic rings. The first kappa shape index (κ1) is 14.5. The van der Waals surface area contributed by atoms with Gasteiger partial charge in [0, 0.05) is 5.41 Å². The predicted octanol–water partition coefficient (Wildman–Crippen LogP) is 1.72. The zero-order chi connectivity index (χ0) is 16.3. The Kier molecular flexibility index (Phi) is 2.66. The van der Waals surface area contributed by atoms with Gasteiger partial charge in [0.05, 0.1) is 18.5 Å². The molecule has 2 atom stereocenters. The van der Waals surface area contributed by atoms with E-state index in [2.05, 4.69) is 9.97 Å². The monoisotopic (exact) mass is 296 g/mol. The van der Waals surface area contributed by atoms with Gasteiger partial charge in [0.25, 0.3) is 0 Å². The highest BCUT2D eigenvalue weighted by Crippen LogP contribution is 2.70. The summed E-state index contributed by atoms with van der Waals surface area (Å²) < 4.78 is 5.07. The molecule has 2 bridgehead atoms. The Morgan fingerprint density at radius 2 is 1.64 bits per heavy atom. The van der Waals surface area contributed by atoms with E-state index in [-0.39, 0.29) is 22.8 Å². The number of hydrogen-bond acceptors (Lipinski definition) is 6. The molecular formula is C16H16N4O2. The predicted molar refractivity (Wildman–Crippen MR) is 75.5 cm³/mol. The van der Waals surface area contributed by atoms with E-state index in [1.165, 1.54) is 7.11 Å². The van der Waals surface area contributed by atoms with Crippen LogP contribution in [0.1, 0.15) is 56.4 Å². The molecule has 1 fully saturated rings. The van der Waals surface area contributed by atoms with E-state index in [9.17, 15) is 15.3 Å². The Bertz CT molecular complexity index is 787. The summed E-state index contributed by atoms with van der Waals surface area (Å²) in [6.45, 7) is 6.07. The Labute approximate surface area is 128 Å². The smallest absolute Gasteiger partial charge is 0.318 e. The maximum absolute atomic E-state index is 12.6. The number of hydrogen-bond donors (Lipinski definition) is 0. The summed E-state index contributed by atoms with van der Waals surface area (Å²) in [4.78, 5) is 21.4. The van der Waals surface area contributed by atoms with Crippen molar-refractivity contribution >= 4 is 5.97 Å². The molecular weight excluding hydrogens is 280 g/mol.